The molecule has 2 aromatic carbocycles. The van der Waals surface area contributed by atoms with E-state index >= 15 is 0 Å². The fourth-order valence-electron chi connectivity index (χ4n) is 2.16. The normalized spacial score (nSPS) is 10.0. The highest BCUT2D eigenvalue weighted by molar-refractivity contribution is 6.30. The SMILES string of the molecule is O=C(Nc1ccc(Cl)cc1)Nc1ccc(NC(=O)c2cccnc2)cc1. The van der Waals surface area contributed by atoms with Crippen LogP contribution in [0, 0.1) is 0 Å². The summed E-state index contributed by atoms with van der Waals surface area (Å²) in [6, 6.07) is 16.6. The summed E-state index contributed by atoms with van der Waals surface area (Å²) in [5, 5.41) is 8.77. The number of amides is 3. The highest BCUT2D eigenvalue weighted by atomic mass is 35.5. The molecule has 0 aliphatic heterocycles. The van der Waals surface area contributed by atoms with Gasteiger partial charge in [-0.25, -0.2) is 4.79 Å². The number of anilines is 3. The molecule has 3 N–H and O–H groups in total. The zero-order chi connectivity index (χ0) is 18.4. The van der Waals surface area contributed by atoms with Crippen molar-refractivity contribution in [2.75, 3.05) is 16.0 Å². The molecule has 7 heteroatoms. The minimum Gasteiger partial charge on any atom is -0.322 e. The van der Waals surface area contributed by atoms with E-state index in [2.05, 4.69) is 20.9 Å². The van der Waals surface area contributed by atoms with Gasteiger partial charge in [-0.3, -0.25) is 9.78 Å². The first-order chi connectivity index (χ1) is 12.6. The molecule has 0 bridgehead atoms. The Kier molecular flexibility index (Phi) is 5.46. The van der Waals surface area contributed by atoms with Crippen molar-refractivity contribution in [2.24, 2.45) is 0 Å². The third-order valence-corrected chi connectivity index (χ3v) is 3.68. The number of benzene rings is 2. The van der Waals surface area contributed by atoms with E-state index in [9.17, 15) is 9.59 Å². The number of hydrogen-bond donors (Lipinski definition) is 3. The Morgan fingerprint density at radius 3 is 1.85 bits per heavy atom. The van der Waals surface area contributed by atoms with Crippen molar-refractivity contribution in [3.05, 3.63) is 83.6 Å². The molecule has 1 heterocycles. The zero-order valence-corrected chi connectivity index (χ0v) is 14.3. The first kappa shape index (κ1) is 17.4. The summed E-state index contributed by atoms with van der Waals surface area (Å²) in [6.07, 6.45) is 3.10. The highest BCUT2D eigenvalue weighted by Crippen LogP contribution is 2.16. The summed E-state index contributed by atoms with van der Waals surface area (Å²) in [4.78, 5) is 28.0. The van der Waals surface area contributed by atoms with Crippen LogP contribution in [-0.4, -0.2) is 16.9 Å². The average molecular weight is 367 g/mol. The van der Waals surface area contributed by atoms with E-state index in [1.165, 1.54) is 6.20 Å². The Hall–Kier alpha value is -3.38. The molecule has 3 rings (SSSR count). The van der Waals surface area contributed by atoms with Gasteiger partial charge in [0.05, 0.1) is 5.56 Å². The molecule has 0 saturated carbocycles. The molecule has 0 saturated heterocycles. The topological polar surface area (TPSA) is 83.1 Å². The van der Waals surface area contributed by atoms with Gasteiger partial charge in [-0.05, 0) is 60.7 Å². The van der Waals surface area contributed by atoms with Gasteiger partial charge in [0.1, 0.15) is 0 Å². The average Bonchev–Trinajstić information content (AvgIpc) is 2.66. The van der Waals surface area contributed by atoms with Crippen LogP contribution in [0.25, 0.3) is 0 Å². The zero-order valence-electron chi connectivity index (χ0n) is 13.6. The number of nitrogens with zero attached hydrogens (tertiary/aromatic N) is 1. The molecule has 0 atom stereocenters. The number of carbonyl (C=O) groups is 2. The molecule has 0 aliphatic carbocycles. The first-order valence-corrected chi connectivity index (χ1v) is 8.13. The minimum atomic E-state index is -0.375. The summed E-state index contributed by atoms with van der Waals surface area (Å²) in [6.45, 7) is 0. The molecule has 0 radical (unpaired) electrons. The van der Waals surface area contributed by atoms with Gasteiger partial charge in [0.15, 0.2) is 0 Å². The Balaban J connectivity index is 1.56. The predicted octanol–water partition coefficient (Wildman–Crippen LogP) is 4.63. The van der Waals surface area contributed by atoms with E-state index in [0.29, 0.717) is 27.6 Å². The molecule has 3 amide bonds. The summed E-state index contributed by atoms with van der Waals surface area (Å²) < 4.78 is 0. The van der Waals surface area contributed by atoms with Crippen LogP contribution in [0.3, 0.4) is 0 Å². The van der Waals surface area contributed by atoms with Crippen LogP contribution in [0.2, 0.25) is 5.02 Å². The van der Waals surface area contributed by atoms with Crippen molar-refractivity contribution in [1.82, 2.24) is 4.98 Å². The van der Waals surface area contributed by atoms with E-state index in [1.54, 1.807) is 66.9 Å². The second-order valence-electron chi connectivity index (χ2n) is 5.36. The standard InChI is InChI=1S/C19H15ClN4O2/c20-14-3-5-16(6-4-14)23-19(26)24-17-9-7-15(8-10-17)22-18(25)13-2-1-11-21-12-13/h1-12H,(H,22,25)(H2,23,24,26). The summed E-state index contributed by atoms with van der Waals surface area (Å²) >= 11 is 5.81. The van der Waals surface area contributed by atoms with Crippen LogP contribution < -0.4 is 16.0 Å². The van der Waals surface area contributed by atoms with Crippen LogP contribution in [0.5, 0.6) is 0 Å². The number of urea groups is 1. The number of halogens is 1. The highest BCUT2D eigenvalue weighted by Gasteiger charge is 2.06. The number of rotatable bonds is 4. The summed E-state index contributed by atoms with van der Waals surface area (Å²) in [5.74, 6) is -0.251. The van der Waals surface area contributed by atoms with Gasteiger partial charge in [-0.1, -0.05) is 11.6 Å². The Morgan fingerprint density at radius 2 is 1.31 bits per heavy atom. The molecule has 6 nitrogen and oxygen atoms in total. The lowest BCUT2D eigenvalue weighted by Crippen LogP contribution is -2.19. The van der Waals surface area contributed by atoms with Crippen molar-refractivity contribution in [2.45, 2.75) is 0 Å². The molecule has 26 heavy (non-hydrogen) atoms. The van der Waals surface area contributed by atoms with Gasteiger partial charge >= 0.3 is 6.03 Å². The van der Waals surface area contributed by atoms with Crippen LogP contribution in [0.1, 0.15) is 10.4 Å². The molecule has 3 aromatic rings. The van der Waals surface area contributed by atoms with Crippen molar-refractivity contribution in [1.29, 1.82) is 0 Å². The number of hydrogen-bond acceptors (Lipinski definition) is 3. The van der Waals surface area contributed by atoms with Gasteiger partial charge in [0.2, 0.25) is 0 Å². The largest absolute Gasteiger partial charge is 0.323 e. The third kappa shape index (κ3) is 4.81. The predicted molar refractivity (Wildman–Crippen MR) is 103 cm³/mol. The summed E-state index contributed by atoms with van der Waals surface area (Å²) in [7, 11) is 0. The first-order valence-electron chi connectivity index (χ1n) is 7.75. The number of aromatic nitrogens is 1. The second kappa shape index (κ2) is 8.13. The quantitative estimate of drug-likeness (QED) is 0.629. The van der Waals surface area contributed by atoms with Crippen molar-refractivity contribution in [3.63, 3.8) is 0 Å². The number of carbonyl (C=O) groups excluding carboxylic acids is 2. The molecule has 0 aliphatic rings. The van der Waals surface area contributed by atoms with E-state index in [-0.39, 0.29) is 11.9 Å². The maximum Gasteiger partial charge on any atom is 0.323 e. The van der Waals surface area contributed by atoms with E-state index in [0.717, 1.165) is 0 Å². The maximum atomic E-state index is 12.1. The van der Waals surface area contributed by atoms with Crippen molar-refractivity contribution < 1.29 is 9.59 Å². The van der Waals surface area contributed by atoms with Crippen molar-refractivity contribution in [3.8, 4) is 0 Å². The smallest absolute Gasteiger partial charge is 0.322 e. The lowest BCUT2D eigenvalue weighted by Gasteiger charge is -2.09. The fourth-order valence-corrected chi connectivity index (χ4v) is 2.29. The maximum absolute atomic E-state index is 12.1. The van der Waals surface area contributed by atoms with E-state index < -0.39 is 0 Å². The molecule has 0 spiro atoms. The lowest BCUT2D eigenvalue weighted by atomic mass is 10.2. The van der Waals surface area contributed by atoms with Crippen LogP contribution in [-0.2, 0) is 0 Å². The molecule has 0 fully saturated rings. The molecular weight excluding hydrogens is 352 g/mol. The molecule has 1 aromatic heterocycles. The van der Waals surface area contributed by atoms with Crippen molar-refractivity contribution >= 4 is 40.6 Å². The van der Waals surface area contributed by atoms with Gasteiger partial charge < -0.3 is 16.0 Å². The van der Waals surface area contributed by atoms with Gasteiger partial charge in [0, 0.05) is 34.5 Å². The van der Waals surface area contributed by atoms with Gasteiger partial charge in [0.25, 0.3) is 5.91 Å². The Morgan fingerprint density at radius 1 is 0.769 bits per heavy atom. The number of nitrogens with one attached hydrogen (secondary N) is 3. The number of pyridine rings is 1. The lowest BCUT2D eigenvalue weighted by molar-refractivity contribution is 0.102. The molecular formula is C19H15ClN4O2. The van der Waals surface area contributed by atoms with Gasteiger partial charge in [-0.15, -0.1) is 0 Å². The van der Waals surface area contributed by atoms with Crippen LogP contribution >= 0.6 is 11.6 Å². The Labute approximate surface area is 155 Å². The monoisotopic (exact) mass is 366 g/mol. The van der Waals surface area contributed by atoms with E-state index in [4.69, 9.17) is 11.6 Å². The molecule has 0 unspecified atom stereocenters. The fraction of sp³-hybridized carbons (Fsp3) is 0. The van der Waals surface area contributed by atoms with Crippen LogP contribution in [0.15, 0.2) is 73.1 Å². The van der Waals surface area contributed by atoms with E-state index in [1.807, 2.05) is 0 Å². The van der Waals surface area contributed by atoms with Crippen LogP contribution in [0.4, 0.5) is 21.9 Å². The molecule has 130 valence electrons. The van der Waals surface area contributed by atoms with Gasteiger partial charge in [-0.2, -0.15) is 0 Å². The minimum absolute atomic E-state index is 0.251. The summed E-state index contributed by atoms with van der Waals surface area (Å²) in [5.41, 5.74) is 2.31. The Bertz CT molecular complexity index is 897. The third-order valence-electron chi connectivity index (χ3n) is 3.43. The second-order valence-corrected chi connectivity index (χ2v) is 5.80.